The Morgan fingerprint density at radius 2 is 2.24 bits per heavy atom. The van der Waals surface area contributed by atoms with Gasteiger partial charge in [0.2, 0.25) is 6.79 Å². The number of para-hydroxylation sites is 1. The van der Waals surface area contributed by atoms with E-state index in [0.29, 0.717) is 6.79 Å². The first-order chi connectivity index (χ1) is 10.0. The summed E-state index contributed by atoms with van der Waals surface area (Å²) in [5.41, 5.74) is 6.47. The van der Waals surface area contributed by atoms with Crippen molar-refractivity contribution in [3.63, 3.8) is 0 Å². The Bertz CT molecular complexity index is 515. The van der Waals surface area contributed by atoms with Gasteiger partial charge >= 0.3 is 0 Å². The molecular weight excluding hydrogens is 270 g/mol. The number of fused-ring (bicyclic) bond motifs is 1. The molecule has 1 aromatic rings. The van der Waals surface area contributed by atoms with Crippen molar-refractivity contribution in [2.45, 2.75) is 33.2 Å². The summed E-state index contributed by atoms with van der Waals surface area (Å²) in [6, 6.07) is 5.90. The molecule has 21 heavy (non-hydrogen) atoms. The molecule has 0 aliphatic carbocycles. The molecule has 0 amide bonds. The quantitative estimate of drug-likeness (QED) is 0.235. The summed E-state index contributed by atoms with van der Waals surface area (Å²) in [6.45, 7) is 5.82. The molecule has 0 spiro atoms. The standard InChI is InChI=1S/C15H23N3O3/c1-15(2,14(16)18-19)7-4-8-17-9-11-5-3-6-12-13(11)21-10-20-12/h3,5-6,17,19H,4,7-10H2,1-2H3,(H2,16,18). The normalized spacial score (nSPS) is 14.5. The van der Waals surface area contributed by atoms with E-state index in [2.05, 4.69) is 10.5 Å². The molecule has 116 valence electrons. The maximum atomic E-state index is 8.73. The van der Waals surface area contributed by atoms with Crippen molar-refractivity contribution in [3.05, 3.63) is 23.8 Å². The topological polar surface area (TPSA) is 89.1 Å². The first kappa shape index (κ1) is 15.4. The van der Waals surface area contributed by atoms with Crippen molar-refractivity contribution in [2.75, 3.05) is 13.3 Å². The Kier molecular flexibility index (Phi) is 4.90. The van der Waals surface area contributed by atoms with Gasteiger partial charge in [0.1, 0.15) is 5.84 Å². The molecule has 0 aromatic heterocycles. The lowest BCUT2D eigenvalue weighted by Crippen LogP contribution is -2.32. The lowest BCUT2D eigenvalue weighted by Gasteiger charge is -2.22. The highest BCUT2D eigenvalue weighted by molar-refractivity contribution is 5.85. The first-order valence-electron chi connectivity index (χ1n) is 7.11. The monoisotopic (exact) mass is 293 g/mol. The van der Waals surface area contributed by atoms with Gasteiger partial charge in [-0.25, -0.2) is 0 Å². The van der Waals surface area contributed by atoms with E-state index in [1.165, 1.54) is 0 Å². The van der Waals surface area contributed by atoms with Crippen LogP contribution in [0.2, 0.25) is 0 Å². The molecule has 0 atom stereocenters. The fourth-order valence-corrected chi connectivity index (χ4v) is 2.27. The van der Waals surface area contributed by atoms with Crippen LogP contribution in [0.3, 0.4) is 0 Å². The van der Waals surface area contributed by atoms with Gasteiger partial charge in [0, 0.05) is 17.5 Å². The van der Waals surface area contributed by atoms with Crippen LogP contribution >= 0.6 is 0 Å². The zero-order chi connectivity index (χ0) is 15.3. The van der Waals surface area contributed by atoms with E-state index in [1.807, 2.05) is 32.0 Å². The molecule has 4 N–H and O–H groups in total. The van der Waals surface area contributed by atoms with Gasteiger partial charge < -0.3 is 25.7 Å². The second kappa shape index (κ2) is 6.67. The molecule has 0 saturated heterocycles. The Balaban J connectivity index is 1.75. The Hall–Kier alpha value is -1.95. The van der Waals surface area contributed by atoms with Crippen LogP contribution in [0.4, 0.5) is 0 Å². The minimum absolute atomic E-state index is 0.272. The highest BCUT2D eigenvalue weighted by Gasteiger charge is 2.22. The minimum Gasteiger partial charge on any atom is -0.454 e. The van der Waals surface area contributed by atoms with Gasteiger partial charge in [-0.15, -0.1) is 0 Å². The Labute approximate surface area is 124 Å². The van der Waals surface area contributed by atoms with Gasteiger partial charge in [-0.3, -0.25) is 0 Å². The molecule has 0 fully saturated rings. The van der Waals surface area contributed by atoms with E-state index in [1.54, 1.807) is 0 Å². The number of hydrogen-bond acceptors (Lipinski definition) is 5. The first-order valence-corrected chi connectivity index (χ1v) is 7.11. The van der Waals surface area contributed by atoms with Gasteiger partial charge in [0.05, 0.1) is 0 Å². The summed E-state index contributed by atoms with van der Waals surface area (Å²) in [7, 11) is 0. The number of oxime groups is 1. The molecule has 2 rings (SSSR count). The van der Waals surface area contributed by atoms with Crippen LogP contribution in [0.15, 0.2) is 23.4 Å². The third-order valence-electron chi connectivity index (χ3n) is 3.75. The van der Waals surface area contributed by atoms with E-state index < -0.39 is 0 Å². The number of nitrogens with zero attached hydrogens (tertiary/aromatic N) is 1. The van der Waals surface area contributed by atoms with Crippen molar-refractivity contribution >= 4 is 5.84 Å². The average Bonchev–Trinajstić information content (AvgIpc) is 2.95. The zero-order valence-electron chi connectivity index (χ0n) is 12.6. The van der Waals surface area contributed by atoms with E-state index in [4.69, 9.17) is 20.4 Å². The summed E-state index contributed by atoms with van der Waals surface area (Å²) in [5, 5.41) is 15.2. The van der Waals surface area contributed by atoms with Crippen LogP contribution in [0.25, 0.3) is 0 Å². The second-order valence-electron chi connectivity index (χ2n) is 5.80. The summed E-state index contributed by atoms with van der Waals surface area (Å²) in [5.74, 6) is 1.92. The fraction of sp³-hybridized carbons (Fsp3) is 0.533. The zero-order valence-corrected chi connectivity index (χ0v) is 12.6. The molecule has 1 aliphatic heterocycles. The summed E-state index contributed by atoms with van der Waals surface area (Å²) >= 11 is 0. The van der Waals surface area contributed by atoms with Crippen LogP contribution in [0.5, 0.6) is 11.5 Å². The molecule has 1 aromatic carbocycles. The van der Waals surface area contributed by atoms with E-state index in [9.17, 15) is 0 Å². The van der Waals surface area contributed by atoms with Crippen LogP contribution in [-0.2, 0) is 6.54 Å². The van der Waals surface area contributed by atoms with E-state index in [-0.39, 0.29) is 11.3 Å². The summed E-state index contributed by atoms with van der Waals surface area (Å²) in [4.78, 5) is 0. The van der Waals surface area contributed by atoms with Crippen LogP contribution in [-0.4, -0.2) is 24.4 Å². The van der Waals surface area contributed by atoms with E-state index in [0.717, 1.165) is 43.0 Å². The number of nitrogens with one attached hydrogen (secondary N) is 1. The molecule has 1 heterocycles. The number of hydrogen-bond donors (Lipinski definition) is 3. The maximum absolute atomic E-state index is 8.73. The molecule has 6 nitrogen and oxygen atoms in total. The van der Waals surface area contributed by atoms with Crippen molar-refractivity contribution in [3.8, 4) is 11.5 Å². The third-order valence-corrected chi connectivity index (χ3v) is 3.75. The number of amidine groups is 1. The van der Waals surface area contributed by atoms with Crippen molar-refractivity contribution in [2.24, 2.45) is 16.3 Å². The number of rotatable bonds is 7. The van der Waals surface area contributed by atoms with Crippen molar-refractivity contribution in [1.29, 1.82) is 0 Å². The van der Waals surface area contributed by atoms with Gasteiger partial charge in [-0.1, -0.05) is 31.1 Å². The average molecular weight is 293 g/mol. The molecule has 1 aliphatic rings. The van der Waals surface area contributed by atoms with E-state index >= 15 is 0 Å². The summed E-state index contributed by atoms with van der Waals surface area (Å²) in [6.07, 6.45) is 1.79. The summed E-state index contributed by atoms with van der Waals surface area (Å²) < 4.78 is 10.8. The minimum atomic E-state index is -0.290. The molecule has 0 radical (unpaired) electrons. The van der Waals surface area contributed by atoms with Gasteiger partial charge in [-0.2, -0.15) is 0 Å². The van der Waals surface area contributed by atoms with Crippen LogP contribution < -0.4 is 20.5 Å². The lowest BCUT2D eigenvalue weighted by molar-refractivity contribution is 0.173. The SMILES string of the molecule is CC(C)(CCCNCc1cccc2c1OCO2)C(N)=NO. The molecule has 0 unspecified atom stereocenters. The Morgan fingerprint density at radius 1 is 1.43 bits per heavy atom. The van der Waals surface area contributed by atoms with Gasteiger partial charge in [0.15, 0.2) is 11.5 Å². The smallest absolute Gasteiger partial charge is 0.231 e. The van der Waals surface area contributed by atoms with Crippen LogP contribution in [0.1, 0.15) is 32.3 Å². The van der Waals surface area contributed by atoms with Crippen molar-refractivity contribution < 1.29 is 14.7 Å². The van der Waals surface area contributed by atoms with Crippen molar-refractivity contribution in [1.82, 2.24) is 5.32 Å². The largest absolute Gasteiger partial charge is 0.454 e. The second-order valence-corrected chi connectivity index (χ2v) is 5.80. The fourth-order valence-electron chi connectivity index (χ4n) is 2.27. The highest BCUT2D eigenvalue weighted by Crippen LogP contribution is 2.35. The third kappa shape index (κ3) is 3.78. The molecule has 0 saturated carbocycles. The predicted octanol–water partition coefficient (Wildman–Crippen LogP) is 2.06. The molecule has 6 heteroatoms. The maximum Gasteiger partial charge on any atom is 0.231 e. The lowest BCUT2D eigenvalue weighted by atomic mass is 9.86. The van der Waals surface area contributed by atoms with Gasteiger partial charge in [0.25, 0.3) is 0 Å². The highest BCUT2D eigenvalue weighted by atomic mass is 16.7. The number of ether oxygens (including phenoxy) is 2. The van der Waals surface area contributed by atoms with Crippen LogP contribution in [0, 0.1) is 5.41 Å². The number of benzene rings is 1. The number of nitrogens with two attached hydrogens (primary N) is 1. The Morgan fingerprint density at radius 3 is 3.00 bits per heavy atom. The molecule has 0 bridgehead atoms. The van der Waals surface area contributed by atoms with Gasteiger partial charge in [-0.05, 0) is 25.5 Å². The molecular formula is C15H23N3O3. The predicted molar refractivity (Wildman–Crippen MR) is 80.7 cm³/mol.